The van der Waals surface area contributed by atoms with E-state index in [2.05, 4.69) is 28.5 Å². The summed E-state index contributed by atoms with van der Waals surface area (Å²) >= 11 is 0. The molecule has 10 heteroatoms. The molecule has 0 spiro atoms. The summed E-state index contributed by atoms with van der Waals surface area (Å²) in [6.45, 7) is 8.20. The predicted octanol–water partition coefficient (Wildman–Crippen LogP) is 4.54. The highest BCUT2D eigenvalue weighted by Crippen LogP contribution is 2.52. The lowest BCUT2D eigenvalue weighted by atomic mass is 10.1. The van der Waals surface area contributed by atoms with Crippen LogP contribution in [0.2, 0.25) is 0 Å². The Hall–Kier alpha value is -2.75. The van der Waals surface area contributed by atoms with Gasteiger partial charge in [-0.2, -0.15) is 0 Å². The highest BCUT2D eigenvalue weighted by molar-refractivity contribution is 5.70. The molecule has 7 nitrogen and oxygen atoms in total. The van der Waals surface area contributed by atoms with Crippen molar-refractivity contribution in [2.75, 3.05) is 26.2 Å². The van der Waals surface area contributed by atoms with Gasteiger partial charge in [0, 0.05) is 39.8 Å². The summed E-state index contributed by atoms with van der Waals surface area (Å²) in [7, 11) is 1.77. The summed E-state index contributed by atoms with van der Waals surface area (Å²) in [6.07, 6.45) is -1.07. The fourth-order valence-electron chi connectivity index (χ4n) is 4.84. The van der Waals surface area contributed by atoms with E-state index in [0.717, 1.165) is 26.1 Å². The van der Waals surface area contributed by atoms with Gasteiger partial charge in [0.2, 0.25) is 5.88 Å². The van der Waals surface area contributed by atoms with Gasteiger partial charge in [0.05, 0.1) is 12.5 Å². The fraction of sp³-hybridized carbons (Fsp3) is 0.583. The molecule has 186 valence electrons. The number of aryl methyl sites for hydroxylation is 1. The lowest BCUT2D eigenvalue weighted by Gasteiger charge is -2.26. The number of ether oxygens (including phenoxy) is 2. The van der Waals surface area contributed by atoms with Gasteiger partial charge < -0.3 is 23.8 Å². The van der Waals surface area contributed by atoms with Crippen molar-refractivity contribution < 1.29 is 27.4 Å². The number of likely N-dealkylation sites (tertiary alicyclic amines) is 1. The molecule has 1 aliphatic carbocycles. The minimum atomic E-state index is -4.77. The Kier molecular flexibility index (Phi) is 7.06. The second-order valence-corrected chi connectivity index (χ2v) is 9.54. The van der Waals surface area contributed by atoms with E-state index in [1.165, 1.54) is 24.5 Å². The van der Waals surface area contributed by atoms with Crippen molar-refractivity contribution >= 4 is 6.09 Å². The van der Waals surface area contributed by atoms with Gasteiger partial charge >= 0.3 is 12.5 Å². The summed E-state index contributed by atoms with van der Waals surface area (Å²) in [5, 5.41) is 0. The Bertz CT molecular complexity index is 984. The van der Waals surface area contributed by atoms with E-state index >= 15 is 0 Å². The van der Waals surface area contributed by atoms with Crippen LogP contribution >= 0.6 is 0 Å². The third-order valence-corrected chi connectivity index (χ3v) is 6.78. The summed E-state index contributed by atoms with van der Waals surface area (Å²) < 4.78 is 49.1. The number of imidazole rings is 1. The number of benzene rings is 1. The van der Waals surface area contributed by atoms with Crippen molar-refractivity contribution in [3.8, 4) is 11.6 Å². The molecular formula is C24H31F3N4O3. The van der Waals surface area contributed by atoms with E-state index < -0.39 is 12.5 Å². The average molecular weight is 481 g/mol. The minimum absolute atomic E-state index is 0.118. The second-order valence-electron chi connectivity index (χ2n) is 9.54. The van der Waals surface area contributed by atoms with Crippen LogP contribution in [0.25, 0.3) is 0 Å². The molecular weight excluding hydrogens is 449 g/mol. The number of carbonyl (C=O) groups is 1. The first-order valence-electron chi connectivity index (χ1n) is 11.6. The van der Waals surface area contributed by atoms with Gasteiger partial charge in [-0.15, -0.1) is 13.2 Å². The Morgan fingerprint density at radius 2 is 2.03 bits per heavy atom. The van der Waals surface area contributed by atoms with Gasteiger partial charge in [-0.3, -0.25) is 0 Å². The van der Waals surface area contributed by atoms with Crippen LogP contribution in [0, 0.1) is 23.7 Å². The highest BCUT2D eigenvalue weighted by atomic mass is 19.4. The zero-order valence-electron chi connectivity index (χ0n) is 19.7. The smallest absolute Gasteiger partial charge is 0.406 e. The summed E-state index contributed by atoms with van der Waals surface area (Å²) in [4.78, 5) is 21.1. The van der Waals surface area contributed by atoms with Crippen molar-refractivity contribution in [3.63, 3.8) is 0 Å². The van der Waals surface area contributed by atoms with Crippen LogP contribution in [0.1, 0.15) is 25.8 Å². The number of hydrogen-bond donors (Lipinski definition) is 0. The van der Waals surface area contributed by atoms with E-state index in [4.69, 9.17) is 4.74 Å². The first-order chi connectivity index (χ1) is 16.1. The number of piperidine rings is 1. The van der Waals surface area contributed by atoms with Crippen LogP contribution in [-0.4, -0.2) is 58.0 Å². The van der Waals surface area contributed by atoms with Gasteiger partial charge in [-0.05, 0) is 41.4 Å². The standard InChI is InChI=1S/C24H31F3N4O3/c1-4-16(2)9-30-11-19-20(12-30)21(19)13-31(23(32)33-22-14-29(3)15-28-22)10-17-6-5-7-18(8-17)34-24(25,26)27/h5-8,14-16,19-21H,4,9-13H2,1-3H3. The van der Waals surface area contributed by atoms with Crippen LogP contribution in [-0.2, 0) is 13.6 Å². The van der Waals surface area contributed by atoms with Gasteiger partial charge in [0.15, 0.2) is 0 Å². The molecule has 1 amide bonds. The highest BCUT2D eigenvalue weighted by Gasteiger charge is 2.56. The third-order valence-electron chi connectivity index (χ3n) is 6.78. The number of fused-ring (bicyclic) bond motifs is 1. The number of nitrogens with zero attached hydrogens (tertiary/aromatic N) is 4. The Balaban J connectivity index is 1.42. The molecule has 1 saturated heterocycles. The summed E-state index contributed by atoms with van der Waals surface area (Å²) in [5.41, 5.74) is 0.531. The average Bonchev–Trinajstić information content (AvgIpc) is 3.06. The zero-order chi connectivity index (χ0) is 24.5. The SMILES string of the molecule is CCC(C)CN1CC2C(C1)C2CN(Cc1cccc(OC(F)(F)F)c1)C(=O)Oc1cn(C)cn1. The van der Waals surface area contributed by atoms with Crippen LogP contribution in [0.4, 0.5) is 18.0 Å². The molecule has 2 heterocycles. The zero-order valence-corrected chi connectivity index (χ0v) is 19.7. The molecule has 4 rings (SSSR count). The van der Waals surface area contributed by atoms with E-state index in [-0.39, 0.29) is 18.2 Å². The largest absolute Gasteiger partial charge is 0.573 e. The van der Waals surface area contributed by atoms with Crippen molar-refractivity contribution in [3.05, 3.63) is 42.4 Å². The van der Waals surface area contributed by atoms with Crippen molar-refractivity contribution in [2.45, 2.75) is 33.2 Å². The number of aromatic nitrogens is 2. The van der Waals surface area contributed by atoms with Crippen LogP contribution < -0.4 is 9.47 Å². The number of alkyl halides is 3. The number of carbonyl (C=O) groups excluding carboxylic acids is 1. The minimum Gasteiger partial charge on any atom is -0.406 e. The third kappa shape index (κ3) is 6.22. The number of amides is 1. The molecule has 0 radical (unpaired) electrons. The van der Waals surface area contributed by atoms with Crippen molar-refractivity contribution in [2.24, 2.45) is 30.7 Å². The maximum Gasteiger partial charge on any atom is 0.573 e. The number of halogens is 3. The maximum absolute atomic E-state index is 13.0. The summed E-state index contributed by atoms with van der Waals surface area (Å²) in [6, 6.07) is 5.70. The lowest BCUT2D eigenvalue weighted by molar-refractivity contribution is -0.274. The molecule has 2 aromatic rings. The molecule has 3 atom stereocenters. The van der Waals surface area contributed by atoms with Gasteiger partial charge in [-0.1, -0.05) is 32.4 Å². The molecule has 1 aromatic heterocycles. The molecule has 2 aliphatic rings. The molecule has 34 heavy (non-hydrogen) atoms. The van der Waals surface area contributed by atoms with Gasteiger partial charge in [0.1, 0.15) is 5.75 Å². The summed E-state index contributed by atoms with van der Waals surface area (Å²) in [5.74, 6) is 1.96. The first kappa shape index (κ1) is 24.4. The van der Waals surface area contributed by atoms with Crippen LogP contribution in [0.3, 0.4) is 0 Å². The maximum atomic E-state index is 13.0. The van der Waals surface area contributed by atoms with E-state index in [9.17, 15) is 18.0 Å². The van der Waals surface area contributed by atoms with E-state index in [1.807, 2.05) is 0 Å². The van der Waals surface area contributed by atoms with Crippen molar-refractivity contribution in [1.29, 1.82) is 0 Å². The van der Waals surface area contributed by atoms with Crippen molar-refractivity contribution in [1.82, 2.24) is 19.4 Å². The second kappa shape index (κ2) is 9.85. The molecule has 2 fully saturated rings. The van der Waals surface area contributed by atoms with E-state index in [1.54, 1.807) is 28.8 Å². The monoisotopic (exact) mass is 480 g/mol. The molecule has 0 N–H and O–H groups in total. The molecule has 1 saturated carbocycles. The number of rotatable bonds is 9. The van der Waals surface area contributed by atoms with Crippen LogP contribution in [0.15, 0.2) is 36.8 Å². The quantitative estimate of drug-likeness (QED) is 0.527. The Morgan fingerprint density at radius 3 is 2.65 bits per heavy atom. The molecule has 1 aromatic carbocycles. The fourth-order valence-corrected chi connectivity index (χ4v) is 4.84. The molecule has 1 aliphatic heterocycles. The lowest BCUT2D eigenvalue weighted by Crippen LogP contribution is -2.37. The number of hydrogen-bond acceptors (Lipinski definition) is 5. The first-order valence-corrected chi connectivity index (χ1v) is 11.6. The molecule has 3 unspecified atom stereocenters. The Morgan fingerprint density at radius 1 is 1.29 bits per heavy atom. The van der Waals surface area contributed by atoms with Gasteiger partial charge in [-0.25, -0.2) is 9.78 Å². The van der Waals surface area contributed by atoms with E-state index in [0.29, 0.717) is 35.8 Å². The van der Waals surface area contributed by atoms with Crippen LogP contribution in [0.5, 0.6) is 11.6 Å². The van der Waals surface area contributed by atoms with Gasteiger partial charge in [0.25, 0.3) is 0 Å². The topological polar surface area (TPSA) is 59.8 Å². The molecule has 0 bridgehead atoms. The predicted molar refractivity (Wildman–Crippen MR) is 119 cm³/mol. The Labute approximate surface area is 197 Å². The normalized spacial score (nSPS) is 22.8.